The van der Waals surface area contributed by atoms with E-state index in [1.165, 1.54) is 16.3 Å². The number of ether oxygens (including phenoxy) is 1. The number of nitrogens with one attached hydrogen (secondary N) is 1. The molecule has 8 nitrogen and oxygen atoms in total. The maximum atomic E-state index is 12.2. The minimum Gasteiger partial charge on any atom is -0.496 e. The van der Waals surface area contributed by atoms with Crippen LogP contribution in [-0.4, -0.2) is 64.3 Å². The van der Waals surface area contributed by atoms with Crippen LogP contribution < -0.4 is 10.1 Å². The van der Waals surface area contributed by atoms with Crippen LogP contribution >= 0.6 is 0 Å². The van der Waals surface area contributed by atoms with E-state index in [-0.39, 0.29) is 18.6 Å². The Labute approximate surface area is 181 Å². The number of carbonyl (C=O) groups is 1. The second-order valence-electron chi connectivity index (χ2n) is 7.92. The highest BCUT2D eigenvalue weighted by atomic mass is 16.5. The zero-order valence-electron chi connectivity index (χ0n) is 17.8. The second kappa shape index (κ2) is 9.89. The number of hydrogen-bond acceptors (Lipinski definition) is 6. The molecule has 1 atom stereocenters. The molecular weight excluding hydrogens is 394 g/mol. The van der Waals surface area contributed by atoms with Crippen molar-refractivity contribution in [2.24, 2.45) is 0 Å². The van der Waals surface area contributed by atoms with Gasteiger partial charge >= 0.3 is 0 Å². The minimum absolute atomic E-state index is 0.0480. The van der Waals surface area contributed by atoms with Crippen molar-refractivity contribution >= 4 is 16.7 Å². The molecule has 1 aliphatic heterocycles. The Morgan fingerprint density at radius 1 is 1.29 bits per heavy atom. The van der Waals surface area contributed by atoms with Crippen LogP contribution in [0.25, 0.3) is 10.8 Å². The van der Waals surface area contributed by atoms with Crippen molar-refractivity contribution in [1.29, 1.82) is 0 Å². The maximum Gasteiger partial charge on any atom is 0.273 e. The summed E-state index contributed by atoms with van der Waals surface area (Å²) in [5.41, 5.74) is 1.51. The monoisotopic (exact) mass is 423 g/mol. The Balaban J connectivity index is 1.47. The van der Waals surface area contributed by atoms with E-state index in [1.807, 2.05) is 10.7 Å². The molecule has 0 saturated carbocycles. The summed E-state index contributed by atoms with van der Waals surface area (Å²) in [7, 11) is 1.72. The van der Waals surface area contributed by atoms with Crippen LogP contribution in [0.4, 0.5) is 0 Å². The topological polar surface area (TPSA) is 92.5 Å². The molecule has 4 rings (SSSR count). The lowest BCUT2D eigenvalue weighted by molar-refractivity contribution is 0.0946. The summed E-state index contributed by atoms with van der Waals surface area (Å²) < 4.78 is 7.48. The number of hydrogen-bond donors (Lipinski definition) is 2. The molecular formula is C23H29N5O3. The van der Waals surface area contributed by atoms with Crippen LogP contribution in [0.15, 0.2) is 42.6 Å². The number of fused-ring (bicyclic) bond motifs is 1. The number of carbonyl (C=O) groups excluding carboxylic acids is 1. The first kappa shape index (κ1) is 21.3. The van der Waals surface area contributed by atoms with Gasteiger partial charge in [0.2, 0.25) is 0 Å². The highest BCUT2D eigenvalue weighted by molar-refractivity contribution is 5.91. The number of aliphatic hydroxyl groups is 1. The molecule has 0 bridgehead atoms. The number of rotatable bonds is 8. The van der Waals surface area contributed by atoms with Crippen molar-refractivity contribution in [3.8, 4) is 5.75 Å². The number of aliphatic hydroxyl groups excluding tert-OH is 1. The Bertz CT molecular complexity index is 1030. The Kier molecular flexibility index (Phi) is 6.79. The summed E-state index contributed by atoms with van der Waals surface area (Å²) in [6.45, 7) is 3.11. The van der Waals surface area contributed by atoms with Gasteiger partial charge in [-0.2, -0.15) is 0 Å². The fraction of sp³-hybridized carbons (Fsp3) is 0.435. The number of nitrogens with zero attached hydrogens (tertiary/aromatic N) is 4. The molecule has 1 amide bonds. The molecule has 1 aromatic heterocycles. The van der Waals surface area contributed by atoms with Gasteiger partial charge in [-0.1, -0.05) is 35.5 Å². The quantitative estimate of drug-likeness (QED) is 0.541. The highest BCUT2D eigenvalue weighted by Crippen LogP contribution is 2.31. The lowest BCUT2D eigenvalue weighted by Gasteiger charge is -2.33. The van der Waals surface area contributed by atoms with E-state index in [2.05, 4.69) is 50.9 Å². The standard InChI is InChI=1S/C23H29N5O3/c1-31-22-10-9-17-6-2-3-8-19(17)20(22)15-27-12-4-7-18(14-27)28-16-21(25-26-28)23(30)24-11-5-13-29/h2-3,6,8-10,16,18,29H,4-5,7,11-15H2,1H3,(H,24,30)/t18-/m1/s1. The molecule has 0 spiro atoms. The normalized spacial score (nSPS) is 17.0. The van der Waals surface area contributed by atoms with Crippen molar-refractivity contribution in [1.82, 2.24) is 25.2 Å². The highest BCUT2D eigenvalue weighted by Gasteiger charge is 2.24. The van der Waals surface area contributed by atoms with Crippen LogP contribution in [0.2, 0.25) is 0 Å². The largest absolute Gasteiger partial charge is 0.496 e. The summed E-state index contributed by atoms with van der Waals surface area (Å²) in [6, 6.07) is 12.7. The number of likely N-dealkylation sites (tertiary alicyclic amines) is 1. The van der Waals surface area contributed by atoms with Crippen molar-refractivity contribution in [2.75, 3.05) is 33.4 Å². The van der Waals surface area contributed by atoms with E-state index >= 15 is 0 Å². The van der Waals surface area contributed by atoms with E-state index < -0.39 is 0 Å². The van der Waals surface area contributed by atoms with E-state index in [0.717, 1.165) is 38.2 Å². The SMILES string of the molecule is COc1ccc2ccccc2c1CN1CCC[C@@H](n2cc(C(=O)NCCCO)nn2)C1. The average Bonchev–Trinajstić information content (AvgIpc) is 3.30. The van der Waals surface area contributed by atoms with Gasteiger partial charge in [0.25, 0.3) is 5.91 Å². The molecule has 0 radical (unpaired) electrons. The summed E-state index contributed by atoms with van der Waals surface area (Å²) in [5.74, 6) is 0.649. The number of benzene rings is 2. The summed E-state index contributed by atoms with van der Waals surface area (Å²) in [4.78, 5) is 14.6. The van der Waals surface area contributed by atoms with Crippen LogP contribution in [-0.2, 0) is 6.54 Å². The van der Waals surface area contributed by atoms with Crippen molar-refractivity contribution in [3.63, 3.8) is 0 Å². The van der Waals surface area contributed by atoms with Crippen molar-refractivity contribution in [3.05, 3.63) is 53.9 Å². The molecule has 1 aliphatic rings. The smallest absolute Gasteiger partial charge is 0.273 e. The predicted octanol–water partition coefficient (Wildman–Crippen LogP) is 2.39. The molecule has 0 unspecified atom stereocenters. The third-order valence-corrected chi connectivity index (χ3v) is 5.82. The average molecular weight is 424 g/mol. The van der Waals surface area contributed by atoms with Gasteiger partial charge in [0.05, 0.1) is 19.3 Å². The van der Waals surface area contributed by atoms with Crippen molar-refractivity contribution in [2.45, 2.75) is 31.8 Å². The first-order chi connectivity index (χ1) is 15.2. The van der Waals surface area contributed by atoms with Crippen LogP contribution in [0, 0.1) is 0 Å². The number of methoxy groups -OCH3 is 1. The molecule has 2 aromatic carbocycles. The zero-order valence-corrected chi connectivity index (χ0v) is 17.8. The first-order valence-electron chi connectivity index (χ1n) is 10.8. The first-order valence-corrected chi connectivity index (χ1v) is 10.8. The van der Waals surface area contributed by atoms with Gasteiger partial charge in [0.1, 0.15) is 5.75 Å². The molecule has 1 saturated heterocycles. The minimum atomic E-state index is -0.257. The van der Waals surface area contributed by atoms with E-state index in [1.54, 1.807) is 13.3 Å². The third-order valence-electron chi connectivity index (χ3n) is 5.82. The number of amides is 1. The fourth-order valence-corrected chi connectivity index (χ4v) is 4.22. The van der Waals surface area contributed by atoms with Gasteiger partial charge in [0, 0.05) is 31.8 Å². The molecule has 8 heteroatoms. The summed E-state index contributed by atoms with van der Waals surface area (Å²) >= 11 is 0. The molecule has 164 valence electrons. The maximum absolute atomic E-state index is 12.2. The Hall–Kier alpha value is -2.97. The van der Waals surface area contributed by atoms with Gasteiger partial charge in [0.15, 0.2) is 5.69 Å². The third kappa shape index (κ3) is 4.86. The van der Waals surface area contributed by atoms with E-state index in [4.69, 9.17) is 9.84 Å². The molecule has 0 aliphatic carbocycles. The molecule has 3 aromatic rings. The summed E-state index contributed by atoms with van der Waals surface area (Å²) in [6.07, 6.45) is 4.30. The van der Waals surface area contributed by atoms with Crippen LogP contribution in [0.5, 0.6) is 5.75 Å². The van der Waals surface area contributed by atoms with Gasteiger partial charge in [-0.25, -0.2) is 4.68 Å². The fourth-order valence-electron chi connectivity index (χ4n) is 4.22. The van der Waals surface area contributed by atoms with Gasteiger partial charge < -0.3 is 15.2 Å². The number of piperidine rings is 1. The molecule has 1 fully saturated rings. The van der Waals surface area contributed by atoms with Gasteiger partial charge in [-0.05, 0) is 42.6 Å². The second-order valence-corrected chi connectivity index (χ2v) is 7.92. The van der Waals surface area contributed by atoms with Crippen LogP contribution in [0.3, 0.4) is 0 Å². The predicted molar refractivity (Wildman–Crippen MR) is 118 cm³/mol. The van der Waals surface area contributed by atoms with Gasteiger partial charge in [-0.3, -0.25) is 9.69 Å². The Morgan fingerprint density at radius 2 is 2.16 bits per heavy atom. The molecule has 2 heterocycles. The Morgan fingerprint density at radius 3 is 3.00 bits per heavy atom. The van der Waals surface area contributed by atoms with E-state index in [9.17, 15) is 4.79 Å². The molecule has 2 N–H and O–H groups in total. The van der Waals surface area contributed by atoms with Gasteiger partial charge in [-0.15, -0.1) is 5.10 Å². The van der Waals surface area contributed by atoms with E-state index in [0.29, 0.717) is 18.7 Å². The zero-order chi connectivity index (χ0) is 21.6. The lowest BCUT2D eigenvalue weighted by atomic mass is 10.0. The molecule has 31 heavy (non-hydrogen) atoms. The lowest BCUT2D eigenvalue weighted by Crippen LogP contribution is -2.36. The van der Waals surface area contributed by atoms with Crippen molar-refractivity contribution < 1.29 is 14.6 Å². The number of aromatic nitrogens is 3. The van der Waals surface area contributed by atoms with Crippen LogP contribution in [0.1, 0.15) is 41.4 Å². The summed E-state index contributed by atoms with van der Waals surface area (Å²) in [5, 5.41) is 22.3.